The zero-order valence-electron chi connectivity index (χ0n) is 14.5. The number of aryl methyl sites for hydroxylation is 2. The van der Waals surface area contributed by atoms with Gasteiger partial charge >= 0.3 is 6.03 Å². The Morgan fingerprint density at radius 3 is 2.87 bits per heavy atom. The van der Waals surface area contributed by atoms with Crippen molar-refractivity contribution in [2.24, 2.45) is 5.92 Å². The predicted octanol–water partition coefficient (Wildman–Crippen LogP) is 2.81. The van der Waals surface area contributed by atoms with Gasteiger partial charge in [-0.05, 0) is 76.1 Å². The van der Waals surface area contributed by atoms with Gasteiger partial charge in [-0.3, -0.25) is 10.2 Å². The van der Waals surface area contributed by atoms with Gasteiger partial charge < -0.3 is 5.32 Å². The number of hydrogen-bond acceptors (Lipinski definition) is 3. The topological polar surface area (TPSA) is 57.3 Å². The molecule has 3 rings (SSSR count). The van der Waals surface area contributed by atoms with Gasteiger partial charge in [-0.15, -0.1) is 0 Å². The van der Waals surface area contributed by atoms with E-state index in [1.54, 1.807) is 0 Å². The zero-order chi connectivity index (χ0) is 16.4. The van der Waals surface area contributed by atoms with E-state index in [2.05, 4.69) is 41.3 Å². The van der Waals surface area contributed by atoms with Gasteiger partial charge in [0.05, 0.1) is 0 Å². The van der Waals surface area contributed by atoms with E-state index < -0.39 is 0 Å². The van der Waals surface area contributed by atoms with Gasteiger partial charge in [-0.25, -0.2) is 9.78 Å². The second-order valence-corrected chi connectivity index (χ2v) is 7.80. The molecule has 126 valence electrons. The molecule has 23 heavy (non-hydrogen) atoms. The van der Waals surface area contributed by atoms with Crippen LogP contribution in [-0.4, -0.2) is 41.1 Å². The summed E-state index contributed by atoms with van der Waals surface area (Å²) in [6.45, 7) is 9.63. The normalized spacial score (nSPS) is 21.3. The van der Waals surface area contributed by atoms with Crippen molar-refractivity contribution < 1.29 is 4.79 Å². The minimum Gasteiger partial charge on any atom is -0.338 e. The molecule has 0 spiro atoms. The third-order valence-corrected chi connectivity index (χ3v) is 5.00. The maximum absolute atomic E-state index is 12.1. The van der Waals surface area contributed by atoms with Gasteiger partial charge in [0.15, 0.2) is 0 Å². The van der Waals surface area contributed by atoms with Crippen LogP contribution < -0.4 is 10.6 Å². The molecule has 5 heteroatoms. The molecule has 1 aliphatic carbocycles. The Morgan fingerprint density at radius 1 is 1.35 bits per heavy atom. The molecule has 1 aliphatic heterocycles. The number of carbonyl (C=O) groups is 1. The van der Waals surface area contributed by atoms with E-state index >= 15 is 0 Å². The van der Waals surface area contributed by atoms with Crippen molar-refractivity contribution in [3.05, 3.63) is 23.4 Å². The van der Waals surface area contributed by atoms with Crippen LogP contribution in [0.25, 0.3) is 0 Å². The number of nitrogens with zero attached hydrogens (tertiary/aromatic N) is 2. The van der Waals surface area contributed by atoms with Crippen molar-refractivity contribution >= 4 is 11.8 Å². The fourth-order valence-corrected chi connectivity index (χ4v) is 3.53. The van der Waals surface area contributed by atoms with Crippen LogP contribution in [0.3, 0.4) is 0 Å². The fourth-order valence-electron chi connectivity index (χ4n) is 3.53. The summed E-state index contributed by atoms with van der Waals surface area (Å²) >= 11 is 0. The first-order valence-corrected chi connectivity index (χ1v) is 8.69. The smallest absolute Gasteiger partial charge is 0.320 e. The summed E-state index contributed by atoms with van der Waals surface area (Å²) in [5.41, 5.74) is 2.86. The number of carbonyl (C=O) groups excluding carboxylic acids is 1. The Labute approximate surface area is 138 Å². The molecule has 2 aliphatic rings. The molecule has 1 atom stereocenters. The van der Waals surface area contributed by atoms with Crippen LogP contribution in [0.5, 0.6) is 0 Å². The van der Waals surface area contributed by atoms with Crippen LogP contribution in [0.4, 0.5) is 10.6 Å². The highest BCUT2D eigenvalue weighted by molar-refractivity contribution is 5.88. The number of hydrogen-bond donors (Lipinski definition) is 2. The molecule has 1 saturated heterocycles. The van der Waals surface area contributed by atoms with Crippen LogP contribution in [0.1, 0.15) is 44.7 Å². The summed E-state index contributed by atoms with van der Waals surface area (Å²) in [5.74, 6) is 1.19. The summed E-state index contributed by atoms with van der Waals surface area (Å²) < 4.78 is 0. The van der Waals surface area contributed by atoms with Crippen LogP contribution in [0.2, 0.25) is 0 Å². The first kappa shape index (κ1) is 16.2. The maximum atomic E-state index is 12.1. The average Bonchev–Trinajstić information content (AvgIpc) is 3.13. The number of rotatable bonds is 3. The molecule has 1 aromatic heterocycles. The van der Waals surface area contributed by atoms with Crippen molar-refractivity contribution in [2.75, 3.05) is 25.0 Å². The molecule has 5 nitrogen and oxygen atoms in total. The quantitative estimate of drug-likeness (QED) is 0.901. The lowest BCUT2D eigenvalue weighted by molar-refractivity contribution is 0.168. The number of fused-ring (bicyclic) bond motifs is 1. The van der Waals surface area contributed by atoms with Crippen LogP contribution in [0, 0.1) is 5.92 Å². The van der Waals surface area contributed by atoms with Crippen LogP contribution in [0.15, 0.2) is 12.3 Å². The zero-order valence-corrected chi connectivity index (χ0v) is 14.5. The molecule has 2 heterocycles. The molecule has 0 saturated carbocycles. The van der Waals surface area contributed by atoms with E-state index in [4.69, 9.17) is 0 Å². The molecule has 1 unspecified atom stereocenters. The van der Waals surface area contributed by atoms with E-state index in [-0.39, 0.29) is 11.6 Å². The van der Waals surface area contributed by atoms with Gasteiger partial charge in [-0.2, -0.15) is 0 Å². The number of amides is 2. The molecule has 2 N–H and O–H groups in total. The molecular weight excluding hydrogens is 288 g/mol. The van der Waals surface area contributed by atoms with Gasteiger partial charge in [-0.1, -0.05) is 0 Å². The molecule has 0 bridgehead atoms. The Kier molecular flexibility index (Phi) is 4.57. The van der Waals surface area contributed by atoms with Crippen molar-refractivity contribution in [2.45, 2.75) is 52.0 Å². The molecule has 0 aromatic carbocycles. The molecule has 2 amide bonds. The minimum absolute atomic E-state index is 0.148. The van der Waals surface area contributed by atoms with Crippen molar-refractivity contribution in [1.82, 2.24) is 15.2 Å². The van der Waals surface area contributed by atoms with E-state index in [0.717, 1.165) is 38.9 Å². The lowest BCUT2D eigenvalue weighted by Crippen LogP contribution is -2.40. The summed E-state index contributed by atoms with van der Waals surface area (Å²) in [6, 6.07) is 1.86. The Bertz CT molecular complexity index is 579. The maximum Gasteiger partial charge on any atom is 0.320 e. The summed E-state index contributed by atoms with van der Waals surface area (Å²) in [5, 5.41) is 5.86. The van der Waals surface area contributed by atoms with Gasteiger partial charge in [0, 0.05) is 24.8 Å². The van der Waals surface area contributed by atoms with Gasteiger partial charge in [0.25, 0.3) is 0 Å². The van der Waals surface area contributed by atoms with Crippen molar-refractivity contribution in [3.63, 3.8) is 0 Å². The molecular formula is C18H28N4O. The highest BCUT2D eigenvalue weighted by Gasteiger charge is 2.30. The third kappa shape index (κ3) is 4.02. The third-order valence-electron chi connectivity index (χ3n) is 5.00. The average molecular weight is 316 g/mol. The Hall–Kier alpha value is -1.62. The first-order chi connectivity index (χ1) is 10.9. The second-order valence-electron chi connectivity index (χ2n) is 7.80. The molecule has 0 radical (unpaired) electrons. The number of nitrogens with one attached hydrogen (secondary N) is 2. The molecule has 1 fully saturated rings. The standard InChI is InChI=1S/C18H28N4O/c1-18(2,3)22-8-7-13(12-22)10-20-17(23)21-16-9-14-5-4-6-15(14)11-19-16/h9,11,13H,4-8,10,12H2,1-3H3,(H2,19,20,21,23). The van der Waals surface area contributed by atoms with Gasteiger partial charge in [0.1, 0.15) is 5.82 Å². The van der Waals surface area contributed by atoms with Gasteiger partial charge in [0.2, 0.25) is 0 Å². The number of urea groups is 1. The van der Waals surface area contributed by atoms with E-state index in [1.807, 2.05) is 12.3 Å². The Balaban J connectivity index is 1.45. The van der Waals surface area contributed by atoms with Crippen LogP contribution >= 0.6 is 0 Å². The lowest BCUT2D eigenvalue weighted by Gasteiger charge is -2.31. The highest BCUT2D eigenvalue weighted by Crippen LogP contribution is 2.24. The predicted molar refractivity (Wildman–Crippen MR) is 92.7 cm³/mol. The van der Waals surface area contributed by atoms with Crippen LogP contribution in [-0.2, 0) is 12.8 Å². The van der Waals surface area contributed by atoms with Crippen molar-refractivity contribution in [3.8, 4) is 0 Å². The lowest BCUT2D eigenvalue weighted by atomic mass is 10.1. The fraction of sp³-hybridized carbons (Fsp3) is 0.667. The highest BCUT2D eigenvalue weighted by atomic mass is 16.2. The number of pyridine rings is 1. The van der Waals surface area contributed by atoms with E-state index in [1.165, 1.54) is 17.5 Å². The summed E-state index contributed by atoms with van der Waals surface area (Å²) in [6.07, 6.45) is 6.45. The molecule has 1 aromatic rings. The number of aromatic nitrogens is 1. The largest absolute Gasteiger partial charge is 0.338 e. The van der Waals surface area contributed by atoms with E-state index in [0.29, 0.717) is 11.7 Å². The second kappa shape index (κ2) is 6.48. The van der Waals surface area contributed by atoms with E-state index in [9.17, 15) is 4.79 Å². The summed E-state index contributed by atoms with van der Waals surface area (Å²) in [7, 11) is 0. The number of anilines is 1. The van der Waals surface area contributed by atoms with Crippen molar-refractivity contribution in [1.29, 1.82) is 0 Å². The SMILES string of the molecule is CC(C)(C)N1CCC(CNC(=O)Nc2cc3c(cn2)CCC3)C1. The Morgan fingerprint density at radius 2 is 2.13 bits per heavy atom. The monoisotopic (exact) mass is 316 g/mol. The summed E-state index contributed by atoms with van der Waals surface area (Å²) in [4.78, 5) is 18.9. The number of likely N-dealkylation sites (tertiary alicyclic amines) is 1. The minimum atomic E-state index is -0.148. The first-order valence-electron chi connectivity index (χ1n) is 8.69.